The highest BCUT2D eigenvalue weighted by molar-refractivity contribution is 9.10. The third-order valence-electron chi connectivity index (χ3n) is 1.48. The fraction of sp³-hybridized carbons (Fsp3) is 0.429. The van der Waals surface area contributed by atoms with Gasteiger partial charge in [-0.1, -0.05) is 0 Å². The Labute approximate surface area is 76.9 Å². The van der Waals surface area contributed by atoms with Gasteiger partial charge in [0.1, 0.15) is 0 Å². The third-order valence-corrected chi connectivity index (χ3v) is 1.87. The number of hydrogen-bond donors (Lipinski definition) is 1. The molecule has 0 aliphatic rings. The monoisotopic (exact) mass is 239 g/mol. The van der Waals surface area contributed by atoms with Gasteiger partial charge in [0, 0.05) is 0 Å². The van der Waals surface area contributed by atoms with E-state index in [4.69, 9.17) is 10.2 Å². The van der Waals surface area contributed by atoms with Crippen LogP contribution in [0.4, 0.5) is 8.78 Å². The Morgan fingerprint density at radius 2 is 2.25 bits per heavy atom. The second kappa shape index (κ2) is 3.14. The maximum Gasteiger partial charge on any atom is 0.316 e. The Hall–Kier alpha value is -0.420. The van der Waals surface area contributed by atoms with E-state index < -0.39 is 12.5 Å². The summed E-state index contributed by atoms with van der Waals surface area (Å²) in [6.07, 6.45) is 0. The van der Waals surface area contributed by atoms with E-state index >= 15 is 0 Å². The van der Waals surface area contributed by atoms with Gasteiger partial charge in [-0.2, -0.15) is 8.78 Å². The van der Waals surface area contributed by atoms with Gasteiger partial charge in [-0.25, -0.2) is 0 Å². The van der Waals surface area contributed by atoms with E-state index in [0.29, 0.717) is 10.2 Å². The lowest BCUT2D eigenvalue weighted by Gasteiger charge is -2.10. The van der Waals surface area contributed by atoms with Gasteiger partial charge in [-0.15, -0.1) is 0 Å². The van der Waals surface area contributed by atoms with Crippen LogP contribution in [-0.4, -0.2) is 6.54 Å². The molecule has 0 unspecified atom stereocenters. The average molecular weight is 240 g/mol. The zero-order valence-electron chi connectivity index (χ0n) is 6.40. The number of aryl methyl sites for hydroxylation is 1. The molecule has 1 rings (SSSR count). The predicted molar refractivity (Wildman–Crippen MR) is 44.1 cm³/mol. The molecular formula is C7H8BrF2NO. The first kappa shape index (κ1) is 9.67. The van der Waals surface area contributed by atoms with Crippen molar-refractivity contribution in [1.82, 2.24) is 0 Å². The Bertz CT molecular complexity index is 285. The van der Waals surface area contributed by atoms with Crippen molar-refractivity contribution in [1.29, 1.82) is 0 Å². The molecule has 0 amide bonds. The predicted octanol–water partition coefficient (Wildman–Crippen LogP) is 2.40. The number of halogens is 3. The van der Waals surface area contributed by atoms with Crippen molar-refractivity contribution in [2.24, 2.45) is 5.73 Å². The molecule has 0 aromatic carbocycles. The van der Waals surface area contributed by atoms with Gasteiger partial charge in [-0.05, 0) is 34.5 Å². The lowest BCUT2D eigenvalue weighted by Crippen LogP contribution is -2.25. The molecule has 12 heavy (non-hydrogen) atoms. The SMILES string of the molecule is Cc1cc(Br)oc1C(F)(F)CN. The van der Waals surface area contributed by atoms with E-state index in [1.807, 2.05) is 0 Å². The summed E-state index contributed by atoms with van der Waals surface area (Å²) in [5, 5.41) is 0. The van der Waals surface area contributed by atoms with Gasteiger partial charge < -0.3 is 10.2 Å². The van der Waals surface area contributed by atoms with E-state index in [0.717, 1.165) is 0 Å². The smallest absolute Gasteiger partial charge is 0.316 e. The van der Waals surface area contributed by atoms with Crippen LogP contribution in [0, 0.1) is 6.92 Å². The van der Waals surface area contributed by atoms with Crippen LogP contribution >= 0.6 is 15.9 Å². The summed E-state index contributed by atoms with van der Waals surface area (Å²) in [5.74, 6) is -3.44. The number of hydrogen-bond acceptors (Lipinski definition) is 2. The van der Waals surface area contributed by atoms with Crippen LogP contribution in [0.1, 0.15) is 11.3 Å². The maximum absolute atomic E-state index is 12.9. The molecule has 0 aliphatic heterocycles. The molecular weight excluding hydrogens is 232 g/mol. The zero-order chi connectivity index (χ0) is 9.35. The van der Waals surface area contributed by atoms with Crippen LogP contribution in [-0.2, 0) is 5.92 Å². The van der Waals surface area contributed by atoms with E-state index in [9.17, 15) is 8.78 Å². The summed E-state index contributed by atoms with van der Waals surface area (Å²) in [5.41, 5.74) is 5.29. The molecule has 0 fully saturated rings. The second-order valence-corrected chi connectivity index (χ2v) is 3.25. The summed E-state index contributed by atoms with van der Waals surface area (Å²) in [6, 6.07) is 1.49. The Kier molecular flexibility index (Phi) is 2.53. The molecule has 0 radical (unpaired) electrons. The van der Waals surface area contributed by atoms with Crippen molar-refractivity contribution >= 4 is 15.9 Å². The van der Waals surface area contributed by atoms with Gasteiger partial charge >= 0.3 is 5.92 Å². The fourth-order valence-electron chi connectivity index (χ4n) is 0.899. The molecule has 1 aromatic heterocycles. The van der Waals surface area contributed by atoms with Crippen LogP contribution < -0.4 is 5.73 Å². The third kappa shape index (κ3) is 1.67. The highest BCUT2D eigenvalue weighted by atomic mass is 79.9. The molecule has 0 saturated heterocycles. The van der Waals surface area contributed by atoms with Gasteiger partial charge in [-0.3, -0.25) is 0 Å². The highest BCUT2D eigenvalue weighted by Gasteiger charge is 2.35. The van der Waals surface area contributed by atoms with Gasteiger partial charge in [0.05, 0.1) is 6.54 Å². The first-order chi connectivity index (χ1) is 5.47. The van der Waals surface area contributed by atoms with Crippen LogP contribution in [0.3, 0.4) is 0 Å². The average Bonchev–Trinajstić information content (AvgIpc) is 2.31. The molecule has 2 N–H and O–H groups in total. The van der Waals surface area contributed by atoms with Crippen molar-refractivity contribution in [3.8, 4) is 0 Å². The van der Waals surface area contributed by atoms with Crippen molar-refractivity contribution in [2.75, 3.05) is 6.54 Å². The molecule has 0 aliphatic carbocycles. The van der Waals surface area contributed by atoms with Crippen molar-refractivity contribution in [3.63, 3.8) is 0 Å². The number of alkyl halides is 2. The van der Waals surface area contributed by atoms with E-state index in [2.05, 4.69) is 15.9 Å². The standard InChI is InChI=1S/C7H8BrF2NO/c1-4-2-5(8)12-6(4)7(9,10)3-11/h2H,3,11H2,1H3. The summed E-state index contributed by atoms with van der Waals surface area (Å²) >= 11 is 2.96. The summed E-state index contributed by atoms with van der Waals surface area (Å²) in [7, 11) is 0. The molecule has 5 heteroatoms. The molecule has 2 nitrogen and oxygen atoms in total. The van der Waals surface area contributed by atoms with Crippen molar-refractivity contribution < 1.29 is 13.2 Å². The molecule has 1 heterocycles. The lowest BCUT2D eigenvalue weighted by atomic mass is 10.2. The minimum absolute atomic E-state index is 0.295. The molecule has 68 valence electrons. The quantitative estimate of drug-likeness (QED) is 0.861. The molecule has 0 atom stereocenters. The van der Waals surface area contributed by atoms with Gasteiger partial charge in [0.25, 0.3) is 0 Å². The Morgan fingerprint density at radius 3 is 2.58 bits per heavy atom. The Morgan fingerprint density at radius 1 is 1.67 bits per heavy atom. The molecule has 0 bridgehead atoms. The Balaban J connectivity index is 3.09. The first-order valence-corrected chi connectivity index (χ1v) is 4.11. The van der Waals surface area contributed by atoms with Crippen LogP contribution in [0.2, 0.25) is 0 Å². The van der Waals surface area contributed by atoms with Crippen LogP contribution in [0.25, 0.3) is 0 Å². The van der Waals surface area contributed by atoms with Gasteiger partial charge in [0.2, 0.25) is 0 Å². The summed E-state index contributed by atoms with van der Waals surface area (Å²) in [6.45, 7) is 0.807. The minimum Gasteiger partial charge on any atom is -0.448 e. The highest BCUT2D eigenvalue weighted by Crippen LogP contribution is 2.33. The zero-order valence-corrected chi connectivity index (χ0v) is 7.99. The normalized spacial score (nSPS) is 12.1. The van der Waals surface area contributed by atoms with E-state index in [1.54, 1.807) is 6.92 Å². The fourth-order valence-corrected chi connectivity index (χ4v) is 1.40. The van der Waals surface area contributed by atoms with E-state index in [1.165, 1.54) is 6.07 Å². The lowest BCUT2D eigenvalue weighted by molar-refractivity contribution is -0.0174. The largest absolute Gasteiger partial charge is 0.448 e. The van der Waals surface area contributed by atoms with Crippen molar-refractivity contribution in [3.05, 3.63) is 22.1 Å². The number of rotatable bonds is 2. The first-order valence-electron chi connectivity index (χ1n) is 3.31. The van der Waals surface area contributed by atoms with Crippen molar-refractivity contribution in [2.45, 2.75) is 12.8 Å². The second-order valence-electron chi connectivity index (χ2n) is 2.47. The topological polar surface area (TPSA) is 39.2 Å². The number of furan rings is 1. The van der Waals surface area contributed by atoms with Gasteiger partial charge in [0.15, 0.2) is 10.4 Å². The maximum atomic E-state index is 12.9. The van der Waals surface area contributed by atoms with Crippen LogP contribution in [0.15, 0.2) is 15.2 Å². The summed E-state index contributed by atoms with van der Waals surface area (Å²) in [4.78, 5) is 0. The molecule has 0 saturated carbocycles. The minimum atomic E-state index is -3.07. The summed E-state index contributed by atoms with van der Waals surface area (Å²) < 4.78 is 30.9. The van der Waals surface area contributed by atoms with Crippen LogP contribution in [0.5, 0.6) is 0 Å². The molecule has 0 spiro atoms. The van der Waals surface area contributed by atoms with E-state index in [-0.39, 0.29) is 5.76 Å². The number of nitrogens with two attached hydrogens (primary N) is 1. The molecule has 1 aromatic rings.